The zero-order valence-electron chi connectivity index (χ0n) is 20.9. The van der Waals surface area contributed by atoms with Gasteiger partial charge < -0.3 is 26.9 Å². The number of nitrogens with one attached hydrogen (secondary N) is 3. The molecule has 0 bridgehead atoms. The van der Waals surface area contributed by atoms with Crippen LogP contribution in [-0.4, -0.2) is 36.1 Å². The van der Waals surface area contributed by atoms with Crippen LogP contribution in [0.2, 0.25) is 0 Å². The van der Waals surface area contributed by atoms with Gasteiger partial charge >= 0.3 is 0 Å². The molecule has 0 saturated heterocycles. The van der Waals surface area contributed by atoms with Gasteiger partial charge in [0.05, 0.1) is 17.7 Å². The highest BCUT2D eigenvalue weighted by atomic mass is 79.9. The van der Waals surface area contributed by atoms with E-state index in [0.29, 0.717) is 5.71 Å². The Morgan fingerprint density at radius 2 is 1.91 bits per heavy atom. The van der Waals surface area contributed by atoms with Crippen molar-refractivity contribution in [1.29, 1.82) is 5.41 Å². The van der Waals surface area contributed by atoms with Crippen LogP contribution in [0.15, 0.2) is 66.2 Å². The molecule has 0 spiro atoms. The molecule has 7 heteroatoms. The Morgan fingerprint density at radius 3 is 2.47 bits per heavy atom. The Labute approximate surface area is 213 Å². The van der Waals surface area contributed by atoms with Crippen molar-refractivity contribution >= 4 is 45.0 Å². The Bertz CT molecular complexity index is 925. The van der Waals surface area contributed by atoms with Gasteiger partial charge in [0.2, 0.25) is 0 Å². The second-order valence-corrected chi connectivity index (χ2v) is 7.28. The van der Waals surface area contributed by atoms with Gasteiger partial charge in [-0.1, -0.05) is 52.9 Å². The number of aliphatic imine (C=N–C) groups is 1. The molecule has 0 radical (unpaired) electrons. The zero-order chi connectivity index (χ0) is 25.8. The van der Waals surface area contributed by atoms with E-state index in [1.165, 1.54) is 23.0 Å². The van der Waals surface area contributed by atoms with Crippen LogP contribution in [0.5, 0.6) is 0 Å². The first-order valence-electron chi connectivity index (χ1n) is 11.2. The first-order valence-corrected chi connectivity index (χ1v) is 12.8. The normalized spacial score (nSPS) is 10.2. The van der Waals surface area contributed by atoms with E-state index in [1.807, 2.05) is 11.9 Å². The monoisotopic (exact) mass is 529 g/mol. The minimum absolute atomic E-state index is 0.211. The van der Waals surface area contributed by atoms with E-state index in [4.69, 9.17) is 16.2 Å². The minimum atomic E-state index is 0.211. The number of aliphatic hydroxyl groups is 1. The maximum atomic E-state index is 9.08. The summed E-state index contributed by atoms with van der Waals surface area (Å²) in [4.78, 5) is 4.19. The van der Waals surface area contributed by atoms with E-state index in [2.05, 4.69) is 82.3 Å². The summed E-state index contributed by atoms with van der Waals surface area (Å²) in [5, 5.41) is 22.8. The molecule has 34 heavy (non-hydrogen) atoms. The summed E-state index contributed by atoms with van der Waals surface area (Å²) in [5.74, 6) is 1.81. The number of benzene rings is 2. The van der Waals surface area contributed by atoms with Crippen LogP contribution in [0.1, 0.15) is 37.0 Å². The van der Waals surface area contributed by atoms with Crippen molar-refractivity contribution in [2.45, 2.75) is 40.2 Å². The van der Waals surface area contributed by atoms with Crippen LogP contribution in [-0.2, 0) is 13.0 Å². The zero-order valence-corrected chi connectivity index (χ0v) is 22.5. The molecule has 0 aromatic heterocycles. The van der Waals surface area contributed by atoms with Crippen molar-refractivity contribution in [2.75, 3.05) is 29.6 Å². The second kappa shape index (κ2) is 19.6. The maximum Gasteiger partial charge on any atom is 0.0878 e. The number of nitrogens with two attached hydrogens (primary N) is 1. The topological polar surface area (TPSA) is 107 Å². The lowest BCUT2D eigenvalue weighted by Gasteiger charge is -2.14. The molecule has 0 amide bonds. The van der Waals surface area contributed by atoms with Gasteiger partial charge in [-0.2, -0.15) is 0 Å². The minimum Gasteiger partial charge on any atom is -0.396 e. The quantitative estimate of drug-likeness (QED) is 0.101. The molecule has 2 rings (SSSR count). The molecule has 0 unspecified atom stereocenters. The van der Waals surface area contributed by atoms with Gasteiger partial charge in [0.1, 0.15) is 0 Å². The van der Waals surface area contributed by atoms with Gasteiger partial charge in [0, 0.05) is 31.1 Å². The van der Waals surface area contributed by atoms with Crippen LogP contribution in [0.4, 0.5) is 17.1 Å². The van der Waals surface area contributed by atoms with Crippen molar-refractivity contribution in [3.05, 3.63) is 77.9 Å². The predicted octanol–water partition coefficient (Wildman–Crippen LogP) is 6.36. The fourth-order valence-corrected chi connectivity index (χ4v) is 2.97. The Kier molecular flexibility index (Phi) is 17.9. The smallest absolute Gasteiger partial charge is 0.0878 e. The molecule has 0 aliphatic rings. The number of allylic oxidation sites excluding steroid dienone is 3. The number of aryl methyl sites for hydroxylation is 2. The molecule has 186 valence electrons. The highest BCUT2D eigenvalue weighted by molar-refractivity contribution is 9.08. The van der Waals surface area contributed by atoms with Crippen LogP contribution < -0.4 is 16.4 Å². The van der Waals surface area contributed by atoms with E-state index >= 15 is 0 Å². The van der Waals surface area contributed by atoms with Crippen molar-refractivity contribution < 1.29 is 5.11 Å². The Hall–Kier alpha value is -2.90. The summed E-state index contributed by atoms with van der Waals surface area (Å²) in [5.41, 5.74) is 12.5. The van der Waals surface area contributed by atoms with E-state index in [-0.39, 0.29) is 6.61 Å². The standard InChI is InChI=1S/C20H28N4O.C6H9N.CH3Br/c1-3-22-20-12-16(7-9-18(20)24-14-21)13-23-19-11-15(2)6-8-17(19)5-4-10-25;1-3-4-5-6(2)7;1-2/h6-9,11-12,14,22-23,25H,3-5,10,13H2,1-2H3,(H2,21,24);3-5,7H,1H2,2H3;1H3/b;5-4-,7-6?;. The molecular formula is C27H40BrN5O. The number of hydrogen-bond acceptors (Lipinski definition) is 5. The maximum absolute atomic E-state index is 9.08. The average Bonchev–Trinajstić information content (AvgIpc) is 2.84. The molecule has 0 aliphatic heterocycles. The van der Waals surface area contributed by atoms with Gasteiger partial charge in [-0.25, -0.2) is 4.99 Å². The number of aliphatic hydroxyl groups excluding tert-OH is 1. The first kappa shape index (κ1) is 31.1. The third-order valence-corrected chi connectivity index (χ3v) is 4.48. The second-order valence-electron chi connectivity index (χ2n) is 7.28. The van der Waals surface area contributed by atoms with Gasteiger partial charge in [-0.15, -0.1) is 0 Å². The number of alkyl halides is 1. The predicted molar refractivity (Wildman–Crippen MR) is 154 cm³/mol. The van der Waals surface area contributed by atoms with Crippen molar-refractivity contribution in [3.63, 3.8) is 0 Å². The highest BCUT2D eigenvalue weighted by Crippen LogP contribution is 2.27. The first-order chi connectivity index (χ1) is 16.4. The SMILES string of the molecule is C=C/C=C\C(C)=N.CBr.CCNc1cc(CNc2cc(C)ccc2CCCO)ccc1N=CN. The Balaban J connectivity index is 0.00000104. The number of hydrogen-bond donors (Lipinski definition) is 5. The Morgan fingerprint density at radius 1 is 1.18 bits per heavy atom. The molecule has 0 saturated carbocycles. The lowest BCUT2D eigenvalue weighted by molar-refractivity contribution is 0.288. The van der Waals surface area contributed by atoms with Crippen molar-refractivity contribution in [2.24, 2.45) is 10.7 Å². The van der Waals surface area contributed by atoms with Gasteiger partial charge in [-0.05, 0) is 80.4 Å². The largest absolute Gasteiger partial charge is 0.396 e. The number of nitrogens with zero attached hydrogens (tertiary/aromatic N) is 1. The molecule has 0 atom stereocenters. The van der Waals surface area contributed by atoms with Gasteiger partial charge in [0.25, 0.3) is 0 Å². The summed E-state index contributed by atoms with van der Waals surface area (Å²) in [7, 11) is 0. The van der Waals surface area contributed by atoms with Crippen LogP contribution in [0.25, 0.3) is 0 Å². The van der Waals surface area contributed by atoms with Crippen molar-refractivity contribution in [1.82, 2.24) is 0 Å². The summed E-state index contributed by atoms with van der Waals surface area (Å²) < 4.78 is 0. The van der Waals surface area contributed by atoms with E-state index in [0.717, 1.165) is 43.0 Å². The van der Waals surface area contributed by atoms with Gasteiger partial charge in [0.15, 0.2) is 0 Å². The molecular weight excluding hydrogens is 490 g/mol. The lowest BCUT2D eigenvalue weighted by Crippen LogP contribution is -2.05. The molecule has 0 fully saturated rings. The molecule has 2 aromatic carbocycles. The molecule has 2 aromatic rings. The molecule has 6 N–H and O–H groups in total. The summed E-state index contributed by atoms with van der Waals surface area (Å²) in [6.45, 7) is 11.1. The fourth-order valence-electron chi connectivity index (χ4n) is 2.97. The fraction of sp³-hybridized carbons (Fsp3) is 0.333. The molecule has 0 aliphatic carbocycles. The third-order valence-electron chi connectivity index (χ3n) is 4.48. The lowest BCUT2D eigenvalue weighted by atomic mass is 10.0. The number of halogens is 1. The van der Waals surface area contributed by atoms with Gasteiger partial charge in [-0.3, -0.25) is 0 Å². The summed E-state index contributed by atoms with van der Waals surface area (Å²) >= 11 is 2.94. The number of rotatable bonds is 11. The average molecular weight is 531 g/mol. The van der Waals surface area contributed by atoms with E-state index in [1.54, 1.807) is 25.2 Å². The van der Waals surface area contributed by atoms with Crippen molar-refractivity contribution in [3.8, 4) is 0 Å². The number of anilines is 2. The molecule has 6 nitrogen and oxygen atoms in total. The van der Waals surface area contributed by atoms with E-state index in [9.17, 15) is 0 Å². The van der Waals surface area contributed by atoms with Crippen LogP contribution in [0.3, 0.4) is 0 Å². The summed E-state index contributed by atoms with van der Waals surface area (Å²) in [6.07, 6.45) is 8.03. The van der Waals surface area contributed by atoms with Crippen LogP contribution in [0, 0.1) is 12.3 Å². The highest BCUT2D eigenvalue weighted by Gasteiger charge is 2.05. The van der Waals surface area contributed by atoms with Crippen LogP contribution >= 0.6 is 15.9 Å². The summed E-state index contributed by atoms with van der Waals surface area (Å²) in [6, 6.07) is 12.5. The van der Waals surface area contributed by atoms with E-state index < -0.39 is 0 Å². The molecule has 0 heterocycles. The third kappa shape index (κ3) is 13.0.